The molecule has 4 nitrogen and oxygen atoms in total. The van der Waals surface area contributed by atoms with E-state index in [2.05, 4.69) is 18.7 Å². The standard InChI is InChI=1S/C15H23N3O/c1-12(2)17-7-9-18(10-8-17)15(19)11-13-5-3-4-6-14(13)16/h3-6,12H,7-11,16H2,1-2H3. The molecule has 1 aliphatic rings. The Bertz CT molecular complexity index is 437. The summed E-state index contributed by atoms with van der Waals surface area (Å²) >= 11 is 0. The molecule has 0 saturated carbocycles. The van der Waals surface area contributed by atoms with Crippen molar-refractivity contribution in [2.45, 2.75) is 26.3 Å². The maximum atomic E-state index is 12.2. The van der Waals surface area contributed by atoms with Crippen molar-refractivity contribution >= 4 is 11.6 Å². The highest BCUT2D eigenvalue weighted by molar-refractivity contribution is 5.80. The van der Waals surface area contributed by atoms with Crippen LogP contribution in [0.2, 0.25) is 0 Å². The molecule has 0 unspecified atom stereocenters. The number of nitrogen functional groups attached to an aromatic ring is 1. The number of anilines is 1. The molecule has 1 aromatic rings. The van der Waals surface area contributed by atoms with E-state index >= 15 is 0 Å². The lowest BCUT2D eigenvalue weighted by Gasteiger charge is -2.37. The molecule has 2 rings (SSSR count). The Hall–Kier alpha value is -1.55. The molecular weight excluding hydrogens is 238 g/mol. The fraction of sp³-hybridized carbons (Fsp3) is 0.533. The molecule has 0 bridgehead atoms. The summed E-state index contributed by atoms with van der Waals surface area (Å²) < 4.78 is 0. The highest BCUT2D eigenvalue weighted by Gasteiger charge is 2.22. The molecule has 104 valence electrons. The number of carbonyl (C=O) groups is 1. The van der Waals surface area contributed by atoms with Crippen molar-refractivity contribution < 1.29 is 4.79 Å². The number of benzene rings is 1. The minimum atomic E-state index is 0.182. The van der Waals surface area contributed by atoms with Gasteiger partial charge in [-0.15, -0.1) is 0 Å². The van der Waals surface area contributed by atoms with E-state index in [1.54, 1.807) is 0 Å². The summed E-state index contributed by atoms with van der Waals surface area (Å²) in [5.74, 6) is 0.182. The third kappa shape index (κ3) is 3.47. The van der Waals surface area contributed by atoms with E-state index < -0.39 is 0 Å². The molecule has 1 aliphatic heterocycles. The molecule has 0 spiro atoms. The van der Waals surface area contributed by atoms with Gasteiger partial charge in [0.2, 0.25) is 5.91 Å². The van der Waals surface area contributed by atoms with Crippen molar-refractivity contribution in [2.75, 3.05) is 31.9 Å². The van der Waals surface area contributed by atoms with Gasteiger partial charge in [-0.2, -0.15) is 0 Å². The summed E-state index contributed by atoms with van der Waals surface area (Å²) in [7, 11) is 0. The predicted octanol–water partition coefficient (Wildman–Crippen LogP) is 1.36. The first kappa shape index (κ1) is 13.9. The van der Waals surface area contributed by atoms with E-state index in [9.17, 15) is 4.79 Å². The predicted molar refractivity (Wildman–Crippen MR) is 77.8 cm³/mol. The van der Waals surface area contributed by atoms with Gasteiger partial charge in [-0.1, -0.05) is 18.2 Å². The zero-order chi connectivity index (χ0) is 13.8. The lowest BCUT2D eigenvalue weighted by atomic mass is 10.1. The van der Waals surface area contributed by atoms with Gasteiger partial charge >= 0.3 is 0 Å². The Kier molecular flexibility index (Phi) is 4.43. The van der Waals surface area contributed by atoms with Crippen molar-refractivity contribution in [1.29, 1.82) is 0 Å². The lowest BCUT2D eigenvalue weighted by Crippen LogP contribution is -2.51. The topological polar surface area (TPSA) is 49.6 Å². The molecule has 0 aromatic heterocycles. The van der Waals surface area contributed by atoms with Crippen LogP contribution in [0.5, 0.6) is 0 Å². The van der Waals surface area contributed by atoms with Crippen LogP contribution in [0.4, 0.5) is 5.69 Å². The number of hydrogen-bond acceptors (Lipinski definition) is 3. The van der Waals surface area contributed by atoms with Crippen LogP contribution in [0.15, 0.2) is 24.3 Å². The van der Waals surface area contributed by atoms with Crippen LogP contribution in [0.3, 0.4) is 0 Å². The Morgan fingerprint density at radius 1 is 1.21 bits per heavy atom. The van der Waals surface area contributed by atoms with Crippen LogP contribution < -0.4 is 5.73 Å². The second-order valence-electron chi connectivity index (χ2n) is 5.39. The maximum Gasteiger partial charge on any atom is 0.227 e. The first-order valence-electron chi connectivity index (χ1n) is 6.93. The minimum absolute atomic E-state index is 0.182. The van der Waals surface area contributed by atoms with E-state index in [0.717, 1.165) is 31.7 Å². The van der Waals surface area contributed by atoms with Crippen molar-refractivity contribution in [1.82, 2.24) is 9.80 Å². The summed E-state index contributed by atoms with van der Waals surface area (Å²) in [4.78, 5) is 16.6. The number of piperazine rings is 1. The normalized spacial score (nSPS) is 16.9. The zero-order valence-corrected chi connectivity index (χ0v) is 11.8. The van der Waals surface area contributed by atoms with E-state index in [-0.39, 0.29) is 5.91 Å². The van der Waals surface area contributed by atoms with Gasteiger partial charge in [0.25, 0.3) is 0 Å². The summed E-state index contributed by atoms with van der Waals surface area (Å²) in [5.41, 5.74) is 7.52. The number of rotatable bonds is 3. The molecule has 2 N–H and O–H groups in total. The van der Waals surface area contributed by atoms with Gasteiger partial charge in [0.05, 0.1) is 6.42 Å². The average Bonchev–Trinajstić information content (AvgIpc) is 2.41. The average molecular weight is 261 g/mol. The molecule has 1 aromatic carbocycles. The fourth-order valence-electron chi connectivity index (χ4n) is 2.46. The zero-order valence-electron chi connectivity index (χ0n) is 11.8. The highest BCUT2D eigenvalue weighted by Crippen LogP contribution is 2.13. The van der Waals surface area contributed by atoms with Gasteiger partial charge in [-0.25, -0.2) is 0 Å². The number of nitrogens with zero attached hydrogens (tertiary/aromatic N) is 2. The summed E-state index contributed by atoms with van der Waals surface area (Å²) in [6.45, 7) is 7.97. The molecule has 19 heavy (non-hydrogen) atoms. The number of hydrogen-bond donors (Lipinski definition) is 1. The van der Waals surface area contributed by atoms with Gasteiger partial charge < -0.3 is 10.6 Å². The number of nitrogens with two attached hydrogens (primary N) is 1. The quantitative estimate of drug-likeness (QED) is 0.836. The second-order valence-corrected chi connectivity index (χ2v) is 5.39. The SMILES string of the molecule is CC(C)N1CCN(C(=O)Cc2ccccc2N)CC1. The van der Waals surface area contributed by atoms with Crippen LogP contribution in [-0.2, 0) is 11.2 Å². The number of carbonyl (C=O) groups excluding carboxylic acids is 1. The van der Waals surface area contributed by atoms with Gasteiger partial charge in [-0.3, -0.25) is 9.69 Å². The summed E-state index contributed by atoms with van der Waals surface area (Å²) in [6, 6.07) is 8.15. The van der Waals surface area contributed by atoms with Crippen LogP contribution in [0.25, 0.3) is 0 Å². The molecule has 1 amide bonds. The van der Waals surface area contributed by atoms with Crippen LogP contribution in [0, 0.1) is 0 Å². The van der Waals surface area contributed by atoms with Gasteiger partial charge in [0.15, 0.2) is 0 Å². The van der Waals surface area contributed by atoms with Crippen molar-refractivity contribution in [2.24, 2.45) is 0 Å². The molecule has 0 atom stereocenters. The molecule has 0 aliphatic carbocycles. The Labute approximate surface area is 115 Å². The van der Waals surface area contributed by atoms with E-state index in [1.807, 2.05) is 29.2 Å². The third-order valence-electron chi connectivity index (χ3n) is 3.79. The molecule has 4 heteroatoms. The van der Waals surface area contributed by atoms with Crippen LogP contribution in [0.1, 0.15) is 19.4 Å². The number of amides is 1. The Morgan fingerprint density at radius 3 is 2.42 bits per heavy atom. The molecule has 1 saturated heterocycles. The molecule has 0 radical (unpaired) electrons. The fourth-order valence-corrected chi connectivity index (χ4v) is 2.46. The summed E-state index contributed by atoms with van der Waals surface area (Å²) in [6.07, 6.45) is 0.411. The minimum Gasteiger partial charge on any atom is -0.398 e. The first-order valence-corrected chi connectivity index (χ1v) is 6.93. The second kappa shape index (κ2) is 6.06. The van der Waals surface area contributed by atoms with Crippen molar-refractivity contribution in [3.63, 3.8) is 0 Å². The molecule has 1 heterocycles. The van der Waals surface area contributed by atoms with Gasteiger partial charge in [0, 0.05) is 37.9 Å². The smallest absolute Gasteiger partial charge is 0.227 e. The number of para-hydroxylation sites is 1. The Morgan fingerprint density at radius 2 is 1.84 bits per heavy atom. The molecule has 1 fully saturated rings. The lowest BCUT2D eigenvalue weighted by molar-refractivity contribution is -0.132. The van der Waals surface area contributed by atoms with Gasteiger partial charge in [0.1, 0.15) is 0 Å². The Balaban J connectivity index is 1.90. The largest absolute Gasteiger partial charge is 0.398 e. The van der Waals surface area contributed by atoms with Crippen molar-refractivity contribution in [3.8, 4) is 0 Å². The van der Waals surface area contributed by atoms with Crippen LogP contribution >= 0.6 is 0 Å². The molecular formula is C15H23N3O. The monoisotopic (exact) mass is 261 g/mol. The summed E-state index contributed by atoms with van der Waals surface area (Å²) in [5, 5.41) is 0. The van der Waals surface area contributed by atoms with E-state index in [1.165, 1.54) is 0 Å². The van der Waals surface area contributed by atoms with E-state index in [0.29, 0.717) is 18.2 Å². The van der Waals surface area contributed by atoms with Crippen LogP contribution in [-0.4, -0.2) is 47.9 Å². The van der Waals surface area contributed by atoms with Crippen molar-refractivity contribution in [3.05, 3.63) is 29.8 Å². The van der Waals surface area contributed by atoms with E-state index in [4.69, 9.17) is 5.73 Å². The highest BCUT2D eigenvalue weighted by atomic mass is 16.2. The maximum absolute atomic E-state index is 12.2. The third-order valence-corrected chi connectivity index (χ3v) is 3.79. The van der Waals surface area contributed by atoms with Gasteiger partial charge in [-0.05, 0) is 25.5 Å². The first-order chi connectivity index (χ1) is 9.08.